The van der Waals surface area contributed by atoms with E-state index in [2.05, 4.69) is 28.8 Å². The second-order valence-electron chi connectivity index (χ2n) is 5.29. The highest BCUT2D eigenvalue weighted by Crippen LogP contribution is 2.16. The van der Waals surface area contributed by atoms with Crippen LogP contribution >= 0.6 is 0 Å². The lowest BCUT2D eigenvalue weighted by atomic mass is 10.0. The summed E-state index contributed by atoms with van der Waals surface area (Å²) >= 11 is 0. The van der Waals surface area contributed by atoms with Gasteiger partial charge in [-0.1, -0.05) is 32.9 Å². The number of allylic oxidation sites excluding steroid dienone is 2. The molecule has 4 nitrogen and oxygen atoms in total. The summed E-state index contributed by atoms with van der Waals surface area (Å²) in [6, 6.07) is 5.53. The van der Waals surface area contributed by atoms with Crippen molar-refractivity contribution in [3.8, 4) is 11.3 Å². The molecule has 108 valence electrons. The van der Waals surface area contributed by atoms with Crippen LogP contribution in [-0.4, -0.2) is 20.7 Å². The van der Waals surface area contributed by atoms with E-state index in [0.29, 0.717) is 11.6 Å². The van der Waals surface area contributed by atoms with Crippen molar-refractivity contribution in [3.63, 3.8) is 0 Å². The molecule has 0 saturated heterocycles. The molecule has 0 saturated carbocycles. The van der Waals surface area contributed by atoms with Crippen molar-refractivity contribution in [2.24, 2.45) is 11.8 Å². The van der Waals surface area contributed by atoms with E-state index in [1.165, 1.54) is 0 Å². The van der Waals surface area contributed by atoms with Gasteiger partial charge in [0.1, 0.15) is 0 Å². The number of hydrogen-bond donors (Lipinski definition) is 0. The number of aromatic nitrogens is 3. The summed E-state index contributed by atoms with van der Waals surface area (Å²) in [5.41, 5.74) is 1.58. The number of ketones is 1. The van der Waals surface area contributed by atoms with Gasteiger partial charge < -0.3 is 0 Å². The zero-order valence-electron chi connectivity index (χ0n) is 12.5. The molecule has 0 aliphatic carbocycles. The quantitative estimate of drug-likeness (QED) is 0.621. The molecule has 2 aromatic rings. The number of pyridine rings is 1. The first-order valence-corrected chi connectivity index (χ1v) is 7.04. The first-order chi connectivity index (χ1) is 10.1. The highest BCUT2D eigenvalue weighted by molar-refractivity contribution is 5.95. The van der Waals surface area contributed by atoms with E-state index in [9.17, 15) is 4.79 Å². The molecule has 0 fully saturated rings. The Morgan fingerprint density at radius 1 is 1.14 bits per heavy atom. The molecule has 2 heterocycles. The lowest BCUT2D eigenvalue weighted by Crippen LogP contribution is -2.13. The van der Waals surface area contributed by atoms with Crippen LogP contribution in [-0.2, 0) is 0 Å². The standard InChI is InChI=1S/C17H19N3O/c1-12(2)6-7-13(3)16(21)17-19-10-8-15(20-17)14-5-4-9-18-11-14/h4-13H,1-3H3/b7-6+/t13-/m1/s1. The van der Waals surface area contributed by atoms with E-state index in [4.69, 9.17) is 0 Å². The van der Waals surface area contributed by atoms with Crippen molar-refractivity contribution in [2.45, 2.75) is 20.8 Å². The van der Waals surface area contributed by atoms with E-state index in [1.54, 1.807) is 24.7 Å². The topological polar surface area (TPSA) is 55.7 Å². The molecule has 0 spiro atoms. The van der Waals surface area contributed by atoms with E-state index in [1.807, 2.05) is 31.2 Å². The Morgan fingerprint density at radius 3 is 2.62 bits per heavy atom. The maximum absolute atomic E-state index is 12.3. The third-order valence-electron chi connectivity index (χ3n) is 3.03. The van der Waals surface area contributed by atoms with Gasteiger partial charge in [-0.05, 0) is 24.1 Å². The zero-order valence-corrected chi connectivity index (χ0v) is 12.5. The lowest BCUT2D eigenvalue weighted by molar-refractivity contribution is 0.0942. The number of Topliss-reactive ketones (excluding diaryl/α,β-unsaturated/α-hetero) is 1. The first-order valence-electron chi connectivity index (χ1n) is 7.04. The van der Waals surface area contributed by atoms with Crippen molar-refractivity contribution < 1.29 is 4.79 Å². The predicted molar refractivity (Wildman–Crippen MR) is 82.7 cm³/mol. The zero-order chi connectivity index (χ0) is 15.2. The van der Waals surface area contributed by atoms with Gasteiger partial charge in [0.15, 0.2) is 5.82 Å². The summed E-state index contributed by atoms with van der Waals surface area (Å²) in [4.78, 5) is 24.9. The van der Waals surface area contributed by atoms with Crippen molar-refractivity contribution in [1.82, 2.24) is 15.0 Å². The Morgan fingerprint density at radius 2 is 1.95 bits per heavy atom. The highest BCUT2D eigenvalue weighted by atomic mass is 16.1. The Kier molecular flexibility index (Phi) is 4.93. The van der Waals surface area contributed by atoms with Gasteiger partial charge in [0.05, 0.1) is 5.69 Å². The molecule has 21 heavy (non-hydrogen) atoms. The Balaban J connectivity index is 2.23. The average Bonchev–Trinajstić information content (AvgIpc) is 2.52. The number of rotatable bonds is 5. The Labute approximate surface area is 125 Å². The van der Waals surface area contributed by atoms with Crippen LogP contribution in [0.15, 0.2) is 48.9 Å². The number of carbonyl (C=O) groups excluding carboxylic acids is 1. The van der Waals surface area contributed by atoms with Crippen molar-refractivity contribution >= 4 is 5.78 Å². The van der Waals surface area contributed by atoms with Crippen LogP contribution in [0.25, 0.3) is 11.3 Å². The van der Waals surface area contributed by atoms with Gasteiger partial charge in [-0.15, -0.1) is 0 Å². The van der Waals surface area contributed by atoms with Crippen LogP contribution in [0.5, 0.6) is 0 Å². The normalized spacial score (nSPS) is 12.8. The number of carbonyl (C=O) groups is 1. The molecule has 0 unspecified atom stereocenters. The summed E-state index contributed by atoms with van der Waals surface area (Å²) in [5.74, 6) is 0.370. The number of nitrogens with zero attached hydrogens (tertiary/aromatic N) is 3. The van der Waals surface area contributed by atoms with Gasteiger partial charge >= 0.3 is 0 Å². The van der Waals surface area contributed by atoms with Gasteiger partial charge in [-0.25, -0.2) is 9.97 Å². The molecule has 0 amide bonds. The van der Waals surface area contributed by atoms with Crippen molar-refractivity contribution in [2.75, 3.05) is 0 Å². The fourth-order valence-corrected chi connectivity index (χ4v) is 1.83. The molecule has 4 heteroatoms. The summed E-state index contributed by atoms with van der Waals surface area (Å²) in [7, 11) is 0. The van der Waals surface area contributed by atoms with Crippen LogP contribution in [0.2, 0.25) is 0 Å². The van der Waals surface area contributed by atoms with E-state index < -0.39 is 0 Å². The molecule has 0 N–H and O–H groups in total. The molecule has 0 aromatic carbocycles. The van der Waals surface area contributed by atoms with Crippen LogP contribution in [0.1, 0.15) is 31.4 Å². The van der Waals surface area contributed by atoms with E-state index >= 15 is 0 Å². The average molecular weight is 281 g/mol. The maximum atomic E-state index is 12.3. The van der Waals surface area contributed by atoms with Gasteiger partial charge in [-0.2, -0.15) is 0 Å². The Hall–Kier alpha value is -2.36. The smallest absolute Gasteiger partial charge is 0.206 e. The second kappa shape index (κ2) is 6.88. The van der Waals surface area contributed by atoms with E-state index in [-0.39, 0.29) is 17.5 Å². The van der Waals surface area contributed by atoms with Gasteiger partial charge in [0, 0.05) is 30.1 Å². The molecule has 0 bridgehead atoms. The molecule has 0 aliphatic heterocycles. The van der Waals surface area contributed by atoms with Crippen LogP contribution in [0.3, 0.4) is 0 Å². The second-order valence-corrected chi connectivity index (χ2v) is 5.29. The number of hydrogen-bond acceptors (Lipinski definition) is 4. The van der Waals surface area contributed by atoms with E-state index in [0.717, 1.165) is 5.56 Å². The van der Waals surface area contributed by atoms with Gasteiger partial charge in [-0.3, -0.25) is 9.78 Å². The molecular formula is C17H19N3O. The minimum atomic E-state index is -0.225. The van der Waals surface area contributed by atoms with Crippen LogP contribution < -0.4 is 0 Å². The maximum Gasteiger partial charge on any atom is 0.206 e. The monoisotopic (exact) mass is 281 g/mol. The summed E-state index contributed by atoms with van der Waals surface area (Å²) < 4.78 is 0. The third kappa shape index (κ3) is 4.05. The fourth-order valence-electron chi connectivity index (χ4n) is 1.83. The van der Waals surface area contributed by atoms with Gasteiger partial charge in [0.25, 0.3) is 0 Å². The Bertz CT molecular complexity index is 635. The van der Waals surface area contributed by atoms with Crippen LogP contribution in [0, 0.1) is 11.8 Å². The summed E-state index contributed by atoms with van der Waals surface area (Å²) in [6.45, 7) is 6.02. The summed E-state index contributed by atoms with van der Waals surface area (Å²) in [6.07, 6.45) is 8.97. The third-order valence-corrected chi connectivity index (χ3v) is 3.03. The SMILES string of the molecule is CC(C)/C=C/[C@@H](C)C(=O)c1nccc(-c2cccnc2)n1. The molecule has 2 rings (SSSR count). The molecule has 2 aromatic heterocycles. The fraction of sp³-hybridized carbons (Fsp3) is 0.294. The predicted octanol–water partition coefficient (Wildman–Crippen LogP) is 3.57. The lowest BCUT2D eigenvalue weighted by Gasteiger charge is -2.06. The van der Waals surface area contributed by atoms with Gasteiger partial charge in [0.2, 0.25) is 5.78 Å². The summed E-state index contributed by atoms with van der Waals surface area (Å²) in [5, 5.41) is 0. The minimum absolute atomic E-state index is 0.0716. The molecular weight excluding hydrogens is 262 g/mol. The van der Waals surface area contributed by atoms with Crippen molar-refractivity contribution in [3.05, 3.63) is 54.8 Å². The molecule has 0 aliphatic rings. The highest BCUT2D eigenvalue weighted by Gasteiger charge is 2.16. The molecule has 1 atom stereocenters. The minimum Gasteiger partial charge on any atom is -0.290 e. The van der Waals surface area contributed by atoms with Crippen molar-refractivity contribution in [1.29, 1.82) is 0 Å². The largest absolute Gasteiger partial charge is 0.290 e. The molecule has 0 radical (unpaired) electrons. The first kappa shape index (κ1) is 15.0. The van der Waals surface area contributed by atoms with Crippen LogP contribution in [0.4, 0.5) is 0 Å².